The van der Waals surface area contributed by atoms with Gasteiger partial charge in [-0.25, -0.2) is 4.98 Å². The van der Waals surface area contributed by atoms with E-state index in [1.807, 2.05) is 38.3 Å². The highest BCUT2D eigenvalue weighted by molar-refractivity contribution is 7.21. The standard InChI is InChI=1S/C16H17N3OS2/c1-8-9(2)12-13(17)14(22-16(12)19-10(8)3)15(20)18-7-11-5-4-6-21-11/h4-6H,7,17H2,1-3H3,(H,18,20). The van der Waals surface area contributed by atoms with Gasteiger partial charge in [0.2, 0.25) is 0 Å². The number of nitrogens with one attached hydrogen (secondary N) is 1. The van der Waals surface area contributed by atoms with Crippen LogP contribution in [0.5, 0.6) is 0 Å². The van der Waals surface area contributed by atoms with E-state index in [2.05, 4.69) is 10.3 Å². The summed E-state index contributed by atoms with van der Waals surface area (Å²) in [6.45, 7) is 6.57. The van der Waals surface area contributed by atoms with Gasteiger partial charge in [0.25, 0.3) is 5.91 Å². The summed E-state index contributed by atoms with van der Waals surface area (Å²) in [7, 11) is 0. The van der Waals surface area contributed by atoms with Crippen LogP contribution in [0.4, 0.5) is 5.69 Å². The zero-order valence-corrected chi connectivity index (χ0v) is 14.3. The van der Waals surface area contributed by atoms with E-state index >= 15 is 0 Å². The first kappa shape index (κ1) is 15.0. The quantitative estimate of drug-likeness (QED) is 0.767. The summed E-state index contributed by atoms with van der Waals surface area (Å²) < 4.78 is 0. The van der Waals surface area contributed by atoms with Crippen molar-refractivity contribution in [1.29, 1.82) is 0 Å². The van der Waals surface area contributed by atoms with Gasteiger partial charge in [0.1, 0.15) is 9.71 Å². The number of hydrogen-bond donors (Lipinski definition) is 2. The lowest BCUT2D eigenvalue weighted by Crippen LogP contribution is -2.22. The molecule has 0 aliphatic heterocycles. The number of fused-ring (bicyclic) bond motifs is 1. The summed E-state index contributed by atoms with van der Waals surface area (Å²) in [5.74, 6) is -0.136. The SMILES string of the molecule is Cc1nc2sc(C(=O)NCc3cccs3)c(N)c2c(C)c1C. The first-order valence-electron chi connectivity index (χ1n) is 6.95. The molecular weight excluding hydrogens is 314 g/mol. The van der Waals surface area contributed by atoms with E-state index in [0.29, 0.717) is 17.1 Å². The van der Waals surface area contributed by atoms with Gasteiger partial charge in [0.05, 0.1) is 12.2 Å². The number of nitrogens with two attached hydrogens (primary N) is 1. The smallest absolute Gasteiger partial charge is 0.263 e. The Morgan fingerprint density at radius 3 is 2.77 bits per heavy atom. The first-order chi connectivity index (χ1) is 10.5. The lowest BCUT2D eigenvalue weighted by Gasteiger charge is -2.06. The van der Waals surface area contributed by atoms with Crippen LogP contribution in [0, 0.1) is 20.8 Å². The number of pyridine rings is 1. The van der Waals surface area contributed by atoms with Gasteiger partial charge in [-0.1, -0.05) is 6.07 Å². The topological polar surface area (TPSA) is 68.0 Å². The Bertz CT molecular complexity index is 850. The molecule has 0 spiro atoms. The average molecular weight is 331 g/mol. The largest absolute Gasteiger partial charge is 0.397 e. The van der Waals surface area contributed by atoms with Gasteiger partial charge in [0.15, 0.2) is 0 Å². The number of thiophene rings is 2. The van der Waals surface area contributed by atoms with Crippen LogP contribution in [0.2, 0.25) is 0 Å². The molecule has 0 aromatic carbocycles. The Hall–Kier alpha value is -1.92. The molecule has 3 rings (SSSR count). The van der Waals surface area contributed by atoms with Crippen molar-refractivity contribution in [3.05, 3.63) is 44.1 Å². The van der Waals surface area contributed by atoms with Crippen LogP contribution in [0.3, 0.4) is 0 Å². The molecular formula is C16H17N3OS2. The molecule has 0 aliphatic rings. The molecule has 0 fully saturated rings. The summed E-state index contributed by atoms with van der Waals surface area (Å²) in [6.07, 6.45) is 0. The highest BCUT2D eigenvalue weighted by Crippen LogP contribution is 2.36. The average Bonchev–Trinajstić information content (AvgIpc) is 3.10. The molecule has 0 unspecified atom stereocenters. The van der Waals surface area contributed by atoms with E-state index in [4.69, 9.17) is 5.73 Å². The number of hydrogen-bond acceptors (Lipinski definition) is 5. The van der Waals surface area contributed by atoms with Crippen molar-refractivity contribution in [2.75, 3.05) is 5.73 Å². The molecule has 0 bridgehead atoms. The minimum atomic E-state index is -0.136. The second-order valence-corrected chi connectivity index (χ2v) is 7.27. The third-order valence-electron chi connectivity index (χ3n) is 3.89. The maximum atomic E-state index is 12.4. The number of rotatable bonds is 3. The molecule has 1 amide bonds. The summed E-state index contributed by atoms with van der Waals surface area (Å²) in [5, 5.41) is 5.83. The number of carbonyl (C=O) groups excluding carboxylic acids is 1. The predicted molar refractivity (Wildman–Crippen MR) is 93.7 cm³/mol. The van der Waals surface area contributed by atoms with Gasteiger partial charge in [-0.05, 0) is 43.3 Å². The van der Waals surface area contributed by atoms with E-state index in [1.165, 1.54) is 11.3 Å². The Labute approximate surface area is 137 Å². The fourth-order valence-corrected chi connectivity index (χ4v) is 4.16. The lowest BCUT2D eigenvalue weighted by atomic mass is 10.1. The number of carbonyl (C=O) groups is 1. The molecule has 22 heavy (non-hydrogen) atoms. The van der Waals surface area contributed by atoms with Crippen LogP contribution in [0.1, 0.15) is 31.4 Å². The van der Waals surface area contributed by atoms with Gasteiger partial charge in [-0.15, -0.1) is 22.7 Å². The van der Waals surface area contributed by atoms with E-state index in [9.17, 15) is 4.79 Å². The molecule has 0 saturated heterocycles. The van der Waals surface area contributed by atoms with Crippen LogP contribution >= 0.6 is 22.7 Å². The number of aromatic nitrogens is 1. The Morgan fingerprint density at radius 1 is 1.32 bits per heavy atom. The molecule has 0 radical (unpaired) electrons. The molecule has 3 aromatic heterocycles. The van der Waals surface area contributed by atoms with Gasteiger partial charge < -0.3 is 11.1 Å². The summed E-state index contributed by atoms with van der Waals surface area (Å²) in [4.78, 5) is 19.5. The maximum Gasteiger partial charge on any atom is 0.263 e. The molecule has 114 valence electrons. The van der Waals surface area contributed by atoms with Crippen molar-refractivity contribution < 1.29 is 4.79 Å². The molecule has 0 saturated carbocycles. The van der Waals surface area contributed by atoms with E-state index in [-0.39, 0.29) is 5.91 Å². The fourth-order valence-electron chi connectivity index (χ4n) is 2.40. The van der Waals surface area contributed by atoms with Crippen LogP contribution in [-0.2, 0) is 6.54 Å². The number of aryl methyl sites for hydroxylation is 2. The molecule has 0 atom stereocenters. The molecule has 0 aliphatic carbocycles. The minimum absolute atomic E-state index is 0.136. The van der Waals surface area contributed by atoms with Crippen molar-refractivity contribution in [3.63, 3.8) is 0 Å². The minimum Gasteiger partial charge on any atom is -0.397 e. The second-order valence-electron chi connectivity index (χ2n) is 5.23. The van der Waals surface area contributed by atoms with Gasteiger partial charge in [-0.3, -0.25) is 4.79 Å². The zero-order valence-electron chi connectivity index (χ0n) is 12.7. The summed E-state index contributed by atoms with van der Waals surface area (Å²) in [5.41, 5.74) is 9.98. The first-order valence-corrected chi connectivity index (χ1v) is 8.65. The monoisotopic (exact) mass is 331 g/mol. The van der Waals surface area contributed by atoms with Crippen molar-refractivity contribution in [2.24, 2.45) is 0 Å². The van der Waals surface area contributed by atoms with Gasteiger partial charge in [-0.2, -0.15) is 0 Å². The number of anilines is 1. The van der Waals surface area contributed by atoms with Crippen molar-refractivity contribution in [1.82, 2.24) is 10.3 Å². The Balaban J connectivity index is 1.95. The third-order valence-corrected chi connectivity index (χ3v) is 5.86. The van der Waals surface area contributed by atoms with Crippen LogP contribution in [0.15, 0.2) is 17.5 Å². The van der Waals surface area contributed by atoms with Crippen molar-refractivity contribution >= 4 is 44.5 Å². The number of nitrogens with zero attached hydrogens (tertiary/aromatic N) is 1. The fraction of sp³-hybridized carbons (Fsp3) is 0.250. The highest BCUT2D eigenvalue weighted by Gasteiger charge is 2.20. The Kier molecular flexibility index (Phi) is 3.88. The summed E-state index contributed by atoms with van der Waals surface area (Å²) >= 11 is 2.98. The predicted octanol–water partition coefficient (Wildman–Crippen LogP) is 3.80. The van der Waals surface area contributed by atoms with E-state index in [0.717, 1.165) is 31.9 Å². The van der Waals surface area contributed by atoms with E-state index in [1.54, 1.807) is 11.3 Å². The summed E-state index contributed by atoms with van der Waals surface area (Å²) in [6, 6.07) is 3.97. The Morgan fingerprint density at radius 2 is 2.09 bits per heavy atom. The van der Waals surface area contributed by atoms with Crippen LogP contribution in [0.25, 0.3) is 10.2 Å². The maximum absolute atomic E-state index is 12.4. The van der Waals surface area contributed by atoms with Gasteiger partial charge >= 0.3 is 0 Å². The molecule has 3 heterocycles. The molecule has 3 N–H and O–H groups in total. The number of amides is 1. The lowest BCUT2D eigenvalue weighted by molar-refractivity contribution is 0.0956. The molecule has 3 aromatic rings. The third kappa shape index (κ3) is 2.48. The van der Waals surface area contributed by atoms with Crippen molar-refractivity contribution in [3.8, 4) is 0 Å². The normalized spacial score (nSPS) is 11.0. The number of nitrogen functional groups attached to an aromatic ring is 1. The molecule has 4 nitrogen and oxygen atoms in total. The second kappa shape index (κ2) is 5.70. The van der Waals surface area contributed by atoms with Gasteiger partial charge in [0, 0.05) is 16.0 Å². The molecule has 6 heteroatoms. The van der Waals surface area contributed by atoms with E-state index < -0.39 is 0 Å². The van der Waals surface area contributed by atoms with Crippen LogP contribution in [-0.4, -0.2) is 10.9 Å². The highest BCUT2D eigenvalue weighted by atomic mass is 32.1. The van der Waals surface area contributed by atoms with Crippen LogP contribution < -0.4 is 11.1 Å². The zero-order chi connectivity index (χ0) is 15.9. The van der Waals surface area contributed by atoms with Crippen molar-refractivity contribution in [2.45, 2.75) is 27.3 Å².